The fourth-order valence-electron chi connectivity index (χ4n) is 2.06. The molecule has 0 aliphatic heterocycles. The zero-order valence-electron chi connectivity index (χ0n) is 12.3. The number of aryl methyl sites for hydroxylation is 1. The minimum absolute atomic E-state index is 0.121. The quantitative estimate of drug-likeness (QED) is 0.680. The van der Waals surface area contributed by atoms with Crippen LogP contribution in [0.25, 0.3) is 11.3 Å². The number of phenols is 1. The summed E-state index contributed by atoms with van der Waals surface area (Å²) < 4.78 is 37.9. The minimum Gasteiger partial charge on any atom is -0.507 e. The lowest BCUT2D eigenvalue weighted by Gasteiger charge is -2.11. The number of hydrogen-bond donors (Lipinski definition) is 3. The van der Waals surface area contributed by atoms with E-state index in [4.69, 9.17) is 0 Å². The molecule has 0 atom stereocenters. The molecule has 10 heteroatoms. The molecule has 0 spiro atoms. The summed E-state index contributed by atoms with van der Waals surface area (Å²) in [6.45, 7) is 1.61. The monoisotopic (exact) mass is 336 g/mol. The van der Waals surface area contributed by atoms with Crippen molar-refractivity contribution in [3.63, 3.8) is 0 Å². The third-order valence-electron chi connectivity index (χ3n) is 3.20. The van der Waals surface area contributed by atoms with Gasteiger partial charge in [-0.05, 0) is 25.1 Å². The van der Waals surface area contributed by atoms with Gasteiger partial charge in [-0.25, -0.2) is 4.98 Å². The molecular formula is C14H11F3N6O. The molecule has 3 N–H and O–H groups in total. The van der Waals surface area contributed by atoms with E-state index in [1.165, 1.54) is 6.20 Å². The van der Waals surface area contributed by atoms with Gasteiger partial charge < -0.3 is 10.4 Å². The van der Waals surface area contributed by atoms with Crippen LogP contribution in [0.2, 0.25) is 0 Å². The first-order valence-electron chi connectivity index (χ1n) is 6.72. The number of rotatable bonds is 3. The summed E-state index contributed by atoms with van der Waals surface area (Å²) in [7, 11) is 0. The number of aromatic amines is 1. The van der Waals surface area contributed by atoms with E-state index in [0.29, 0.717) is 17.4 Å². The summed E-state index contributed by atoms with van der Waals surface area (Å²) in [5.74, 6) is -0.344. The highest BCUT2D eigenvalue weighted by molar-refractivity contribution is 5.69. The Labute approximate surface area is 133 Å². The first kappa shape index (κ1) is 15.7. The SMILES string of the molecule is Cc1nc(Nc2cn[nH]c2)nnc1-c1ccc(C(F)(F)F)cc1O. The maximum Gasteiger partial charge on any atom is 0.416 e. The van der Waals surface area contributed by atoms with Crippen molar-refractivity contribution < 1.29 is 18.3 Å². The number of anilines is 2. The molecule has 0 saturated heterocycles. The van der Waals surface area contributed by atoms with E-state index in [9.17, 15) is 18.3 Å². The Morgan fingerprint density at radius 2 is 2.00 bits per heavy atom. The highest BCUT2D eigenvalue weighted by Gasteiger charge is 2.31. The first-order valence-corrected chi connectivity index (χ1v) is 6.72. The van der Waals surface area contributed by atoms with Crippen LogP contribution in [0.15, 0.2) is 30.6 Å². The third kappa shape index (κ3) is 3.12. The molecule has 0 saturated carbocycles. The highest BCUT2D eigenvalue weighted by atomic mass is 19.4. The van der Waals surface area contributed by atoms with Crippen LogP contribution in [-0.4, -0.2) is 30.5 Å². The molecule has 0 bridgehead atoms. The number of nitrogens with zero attached hydrogens (tertiary/aromatic N) is 4. The topological polar surface area (TPSA) is 99.6 Å². The molecule has 3 aromatic rings. The summed E-state index contributed by atoms with van der Waals surface area (Å²) in [4.78, 5) is 4.18. The molecule has 24 heavy (non-hydrogen) atoms. The van der Waals surface area contributed by atoms with Crippen LogP contribution < -0.4 is 5.32 Å². The van der Waals surface area contributed by atoms with Crippen molar-refractivity contribution in [3.05, 3.63) is 41.9 Å². The van der Waals surface area contributed by atoms with Crippen molar-refractivity contribution in [3.8, 4) is 17.0 Å². The molecule has 7 nitrogen and oxygen atoms in total. The van der Waals surface area contributed by atoms with Gasteiger partial charge in [0.05, 0.1) is 23.1 Å². The van der Waals surface area contributed by atoms with Gasteiger partial charge in [0.25, 0.3) is 0 Å². The maximum atomic E-state index is 12.6. The van der Waals surface area contributed by atoms with Crippen LogP contribution in [0.4, 0.5) is 24.8 Å². The predicted octanol–water partition coefficient (Wildman–Crippen LogP) is 3.04. The van der Waals surface area contributed by atoms with Gasteiger partial charge in [-0.2, -0.15) is 18.3 Å². The molecule has 0 amide bonds. The molecule has 124 valence electrons. The highest BCUT2D eigenvalue weighted by Crippen LogP contribution is 2.36. The van der Waals surface area contributed by atoms with Crippen LogP contribution in [-0.2, 0) is 6.18 Å². The Kier molecular flexibility index (Phi) is 3.80. The standard InChI is InChI=1S/C14H11F3N6O/c1-7-12(10-3-2-8(4-11(10)24)14(15,16)17)22-23-13(20-7)21-9-5-18-19-6-9/h2-6,24H,1H3,(H,18,19)(H,20,21,23). The second-order valence-electron chi connectivity index (χ2n) is 4.91. The molecule has 0 aliphatic rings. The van der Waals surface area contributed by atoms with Crippen molar-refractivity contribution in [1.82, 2.24) is 25.4 Å². The predicted molar refractivity (Wildman–Crippen MR) is 78.5 cm³/mol. The summed E-state index contributed by atoms with van der Waals surface area (Å²) in [6, 6.07) is 2.65. The zero-order valence-corrected chi connectivity index (χ0v) is 12.3. The Hall–Kier alpha value is -3.17. The summed E-state index contributed by atoms with van der Waals surface area (Å²) in [6.07, 6.45) is -1.42. The van der Waals surface area contributed by atoms with Gasteiger partial charge in [0.1, 0.15) is 11.4 Å². The van der Waals surface area contributed by atoms with Crippen LogP contribution in [0.5, 0.6) is 5.75 Å². The molecule has 0 unspecified atom stereocenters. The molecule has 0 fully saturated rings. The number of benzene rings is 1. The van der Waals surface area contributed by atoms with E-state index in [-0.39, 0.29) is 17.2 Å². The lowest BCUT2D eigenvalue weighted by Crippen LogP contribution is -2.05. The fourth-order valence-corrected chi connectivity index (χ4v) is 2.06. The third-order valence-corrected chi connectivity index (χ3v) is 3.20. The maximum absolute atomic E-state index is 12.6. The number of phenolic OH excluding ortho intramolecular Hbond substituents is 1. The van der Waals surface area contributed by atoms with Crippen molar-refractivity contribution in [1.29, 1.82) is 0 Å². The van der Waals surface area contributed by atoms with E-state index < -0.39 is 17.5 Å². The number of H-pyrrole nitrogens is 1. The van der Waals surface area contributed by atoms with Crippen LogP contribution in [0, 0.1) is 6.92 Å². The number of halogens is 3. The number of nitrogens with one attached hydrogen (secondary N) is 2. The van der Waals surface area contributed by atoms with E-state index in [2.05, 4.69) is 30.7 Å². The average Bonchev–Trinajstić information content (AvgIpc) is 3.00. The Morgan fingerprint density at radius 1 is 1.21 bits per heavy atom. The van der Waals surface area contributed by atoms with E-state index in [0.717, 1.165) is 12.1 Å². The molecule has 3 rings (SSSR count). The van der Waals surface area contributed by atoms with E-state index in [1.54, 1.807) is 13.1 Å². The van der Waals surface area contributed by atoms with Crippen molar-refractivity contribution in [2.75, 3.05) is 5.32 Å². The number of hydrogen-bond acceptors (Lipinski definition) is 6. The number of aromatic hydroxyl groups is 1. The summed E-state index contributed by atoms with van der Waals surface area (Å²) in [5, 5.41) is 26.9. The van der Waals surface area contributed by atoms with Crippen LogP contribution >= 0.6 is 0 Å². The van der Waals surface area contributed by atoms with Gasteiger partial charge in [-0.3, -0.25) is 5.10 Å². The second kappa shape index (κ2) is 5.80. The van der Waals surface area contributed by atoms with Crippen LogP contribution in [0.1, 0.15) is 11.3 Å². The van der Waals surface area contributed by atoms with Crippen molar-refractivity contribution >= 4 is 11.6 Å². The van der Waals surface area contributed by atoms with Gasteiger partial charge in [0, 0.05) is 11.8 Å². The zero-order chi connectivity index (χ0) is 17.3. The molecule has 2 heterocycles. The molecular weight excluding hydrogens is 325 g/mol. The molecule has 0 radical (unpaired) electrons. The average molecular weight is 336 g/mol. The minimum atomic E-state index is -4.53. The van der Waals surface area contributed by atoms with Gasteiger partial charge in [-0.15, -0.1) is 10.2 Å². The Morgan fingerprint density at radius 3 is 2.58 bits per heavy atom. The Balaban J connectivity index is 1.92. The van der Waals surface area contributed by atoms with Gasteiger partial charge in [-0.1, -0.05) is 0 Å². The Bertz CT molecular complexity index is 863. The summed E-state index contributed by atoms with van der Waals surface area (Å²) >= 11 is 0. The van der Waals surface area contributed by atoms with E-state index in [1.807, 2.05) is 0 Å². The van der Waals surface area contributed by atoms with Crippen LogP contribution in [0.3, 0.4) is 0 Å². The second-order valence-corrected chi connectivity index (χ2v) is 4.91. The molecule has 2 aromatic heterocycles. The number of alkyl halides is 3. The lowest BCUT2D eigenvalue weighted by molar-refractivity contribution is -0.137. The van der Waals surface area contributed by atoms with Gasteiger partial charge in [0.2, 0.25) is 5.95 Å². The van der Waals surface area contributed by atoms with Crippen molar-refractivity contribution in [2.24, 2.45) is 0 Å². The largest absolute Gasteiger partial charge is 0.507 e. The number of aromatic nitrogens is 5. The summed E-state index contributed by atoms with van der Waals surface area (Å²) in [5.41, 5.74) is 0.391. The lowest BCUT2D eigenvalue weighted by atomic mass is 10.1. The van der Waals surface area contributed by atoms with E-state index >= 15 is 0 Å². The molecule has 1 aromatic carbocycles. The van der Waals surface area contributed by atoms with Crippen molar-refractivity contribution in [2.45, 2.75) is 13.1 Å². The molecule has 0 aliphatic carbocycles. The smallest absolute Gasteiger partial charge is 0.416 e. The van der Waals surface area contributed by atoms with Gasteiger partial charge >= 0.3 is 6.18 Å². The fraction of sp³-hybridized carbons (Fsp3) is 0.143. The first-order chi connectivity index (χ1) is 11.3. The van der Waals surface area contributed by atoms with Gasteiger partial charge in [0.15, 0.2) is 0 Å². The normalized spacial score (nSPS) is 11.5.